The lowest BCUT2D eigenvalue weighted by atomic mass is 10.2. The first-order chi connectivity index (χ1) is 13.9. The van der Waals surface area contributed by atoms with E-state index in [0.717, 1.165) is 6.42 Å². The zero-order valence-corrected chi connectivity index (χ0v) is 18.3. The average Bonchev–Trinajstić information content (AvgIpc) is 2.97. The zero-order valence-electron chi connectivity index (χ0n) is 15.8. The van der Waals surface area contributed by atoms with Crippen molar-refractivity contribution in [3.63, 3.8) is 0 Å². The van der Waals surface area contributed by atoms with Crippen LogP contribution >= 0.6 is 24.0 Å². The molecule has 6 nitrogen and oxygen atoms in total. The number of benzene rings is 2. The van der Waals surface area contributed by atoms with Gasteiger partial charge in [0.1, 0.15) is 9.22 Å². The molecule has 1 aliphatic heterocycles. The monoisotopic (exact) mass is 449 g/mol. The summed E-state index contributed by atoms with van der Waals surface area (Å²) < 4.78 is 36.0. The number of thiocarbonyl (C=S) groups is 1. The second-order valence-corrected chi connectivity index (χ2v) is 9.32. The predicted octanol–water partition coefficient (Wildman–Crippen LogP) is 4.07. The van der Waals surface area contributed by atoms with Crippen LogP contribution in [-0.4, -0.2) is 37.2 Å². The molecule has 1 saturated heterocycles. The number of rotatable bonds is 7. The fourth-order valence-electron chi connectivity index (χ4n) is 2.66. The van der Waals surface area contributed by atoms with E-state index in [1.54, 1.807) is 41.3 Å². The summed E-state index contributed by atoms with van der Waals surface area (Å²) in [6, 6.07) is 12.6. The average molecular weight is 450 g/mol. The Hall–Kier alpha value is -2.36. The fourth-order valence-corrected chi connectivity index (χ4v) is 4.93. The Kier molecular flexibility index (Phi) is 6.61. The van der Waals surface area contributed by atoms with E-state index < -0.39 is 10.1 Å². The van der Waals surface area contributed by atoms with Crippen molar-refractivity contribution >= 4 is 50.4 Å². The van der Waals surface area contributed by atoms with E-state index in [4.69, 9.17) is 21.1 Å². The molecule has 0 aromatic heterocycles. The molecule has 0 spiro atoms. The SMILES string of the molecule is CCCN1C(=O)C(=Cc2ccc(OS(=O)(=O)c3ccccc3)c(OC)c2)SC1=S. The number of hydrogen-bond acceptors (Lipinski definition) is 7. The third-order valence-corrected chi connectivity index (χ3v) is 6.66. The summed E-state index contributed by atoms with van der Waals surface area (Å²) in [4.78, 5) is 14.6. The first-order valence-electron chi connectivity index (χ1n) is 8.78. The molecule has 0 bridgehead atoms. The molecule has 2 aromatic carbocycles. The Bertz CT molecular complexity index is 1060. The third kappa shape index (κ3) is 4.80. The lowest BCUT2D eigenvalue weighted by Gasteiger charge is -2.12. The lowest BCUT2D eigenvalue weighted by molar-refractivity contribution is -0.122. The quantitative estimate of drug-likeness (QED) is 0.358. The van der Waals surface area contributed by atoms with Crippen LogP contribution in [0.2, 0.25) is 0 Å². The minimum atomic E-state index is -3.99. The molecule has 9 heteroatoms. The van der Waals surface area contributed by atoms with Crippen molar-refractivity contribution in [3.8, 4) is 11.5 Å². The summed E-state index contributed by atoms with van der Waals surface area (Å²) in [5.74, 6) is 0.169. The Morgan fingerprint density at radius 3 is 2.52 bits per heavy atom. The van der Waals surface area contributed by atoms with E-state index in [-0.39, 0.29) is 22.3 Å². The van der Waals surface area contributed by atoms with Gasteiger partial charge in [-0.1, -0.05) is 55.2 Å². The lowest BCUT2D eigenvalue weighted by Crippen LogP contribution is -2.28. The van der Waals surface area contributed by atoms with E-state index in [1.807, 2.05) is 6.92 Å². The molecule has 29 heavy (non-hydrogen) atoms. The number of nitrogens with zero attached hydrogens (tertiary/aromatic N) is 1. The van der Waals surface area contributed by atoms with Gasteiger partial charge in [0.2, 0.25) is 0 Å². The van der Waals surface area contributed by atoms with Crippen molar-refractivity contribution in [1.29, 1.82) is 0 Å². The van der Waals surface area contributed by atoms with Gasteiger partial charge in [0.15, 0.2) is 11.5 Å². The third-order valence-electron chi connectivity index (χ3n) is 4.04. The minimum absolute atomic E-state index is 0.0470. The molecule has 0 aliphatic carbocycles. The number of thioether (sulfide) groups is 1. The van der Waals surface area contributed by atoms with Crippen LogP contribution in [-0.2, 0) is 14.9 Å². The van der Waals surface area contributed by atoms with Crippen LogP contribution < -0.4 is 8.92 Å². The maximum Gasteiger partial charge on any atom is 0.339 e. The second kappa shape index (κ2) is 8.98. The normalized spacial score (nSPS) is 15.8. The topological polar surface area (TPSA) is 72.9 Å². The first-order valence-corrected chi connectivity index (χ1v) is 11.4. The van der Waals surface area contributed by atoms with E-state index in [2.05, 4.69) is 0 Å². The highest BCUT2D eigenvalue weighted by Gasteiger charge is 2.31. The standard InChI is InChI=1S/C20H19NO5S3/c1-3-11-21-19(22)18(28-20(21)27)13-14-9-10-16(17(12-14)25-2)26-29(23,24)15-7-5-4-6-8-15/h4-10,12-13H,3,11H2,1-2H3. The predicted molar refractivity (Wildman–Crippen MR) is 117 cm³/mol. The summed E-state index contributed by atoms with van der Waals surface area (Å²) in [6.07, 6.45) is 2.52. The van der Waals surface area contributed by atoms with Crippen molar-refractivity contribution in [1.82, 2.24) is 4.90 Å². The number of ether oxygens (including phenoxy) is 1. The van der Waals surface area contributed by atoms with E-state index >= 15 is 0 Å². The van der Waals surface area contributed by atoms with Gasteiger partial charge in [0.25, 0.3) is 5.91 Å². The van der Waals surface area contributed by atoms with Crippen molar-refractivity contribution in [3.05, 3.63) is 59.0 Å². The van der Waals surface area contributed by atoms with Gasteiger partial charge in [-0.25, -0.2) is 0 Å². The molecule has 0 atom stereocenters. The second-order valence-electron chi connectivity index (χ2n) is 6.09. The molecular formula is C20H19NO5S3. The zero-order chi connectivity index (χ0) is 21.0. The van der Waals surface area contributed by atoms with Crippen LogP contribution in [0.15, 0.2) is 58.3 Å². The molecule has 152 valence electrons. The number of methoxy groups -OCH3 is 1. The van der Waals surface area contributed by atoms with Crippen LogP contribution in [0.1, 0.15) is 18.9 Å². The van der Waals surface area contributed by atoms with Crippen LogP contribution in [0, 0.1) is 0 Å². The molecule has 0 radical (unpaired) electrons. The molecule has 3 rings (SSSR count). The van der Waals surface area contributed by atoms with Crippen LogP contribution in [0.25, 0.3) is 6.08 Å². The van der Waals surface area contributed by atoms with Gasteiger partial charge in [0.05, 0.1) is 12.0 Å². The summed E-state index contributed by atoms with van der Waals surface area (Å²) in [7, 11) is -2.57. The van der Waals surface area contributed by atoms with Crippen molar-refractivity contribution in [2.45, 2.75) is 18.2 Å². The Labute approximate surface area is 179 Å². The maximum atomic E-state index is 12.5. The van der Waals surface area contributed by atoms with Crippen LogP contribution in [0.4, 0.5) is 0 Å². The maximum absolute atomic E-state index is 12.5. The molecule has 1 heterocycles. The van der Waals surface area contributed by atoms with Gasteiger partial charge < -0.3 is 8.92 Å². The number of carbonyl (C=O) groups excluding carboxylic acids is 1. The van der Waals surface area contributed by atoms with Gasteiger partial charge in [-0.2, -0.15) is 8.42 Å². The van der Waals surface area contributed by atoms with Crippen molar-refractivity contribution < 1.29 is 22.1 Å². The van der Waals surface area contributed by atoms with Crippen LogP contribution in [0.3, 0.4) is 0 Å². The Balaban J connectivity index is 1.86. The summed E-state index contributed by atoms with van der Waals surface area (Å²) in [6.45, 7) is 2.56. The molecular weight excluding hydrogens is 430 g/mol. The summed E-state index contributed by atoms with van der Waals surface area (Å²) in [5, 5.41) is 0. The molecule has 0 saturated carbocycles. The van der Waals surface area contributed by atoms with Gasteiger partial charge >= 0.3 is 10.1 Å². The van der Waals surface area contributed by atoms with E-state index in [1.165, 1.54) is 37.1 Å². The van der Waals surface area contributed by atoms with E-state index in [0.29, 0.717) is 21.3 Å². The molecule has 0 N–H and O–H groups in total. The number of carbonyl (C=O) groups is 1. The summed E-state index contributed by atoms with van der Waals surface area (Å²) >= 11 is 6.51. The summed E-state index contributed by atoms with van der Waals surface area (Å²) in [5.41, 5.74) is 0.670. The molecule has 1 amide bonds. The van der Waals surface area contributed by atoms with Gasteiger partial charge in [-0.05, 0) is 42.3 Å². The molecule has 1 fully saturated rings. The Morgan fingerprint density at radius 1 is 1.14 bits per heavy atom. The molecule has 0 unspecified atom stereocenters. The smallest absolute Gasteiger partial charge is 0.339 e. The van der Waals surface area contributed by atoms with Gasteiger partial charge in [0, 0.05) is 6.54 Å². The van der Waals surface area contributed by atoms with Crippen molar-refractivity contribution in [2.75, 3.05) is 13.7 Å². The fraction of sp³-hybridized carbons (Fsp3) is 0.200. The molecule has 2 aromatic rings. The van der Waals surface area contributed by atoms with Gasteiger partial charge in [-0.15, -0.1) is 0 Å². The highest BCUT2D eigenvalue weighted by Crippen LogP contribution is 2.35. The minimum Gasteiger partial charge on any atom is -0.493 e. The van der Waals surface area contributed by atoms with Gasteiger partial charge in [-0.3, -0.25) is 9.69 Å². The number of amides is 1. The van der Waals surface area contributed by atoms with Crippen molar-refractivity contribution in [2.24, 2.45) is 0 Å². The Morgan fingerprint density at radius 2 is 1.86 bits per heavy atom. The largest absolute Gasteiger partial charge is 0.493 e. The molecule has 1 aliphatic rings. The van der Waals surface area contributed by atoms with E-state index in [9.17, 15) is 13.2 Å². The first kappa shape index (κ1) is 21.4. The highest BCUT2D eigenvalue weighted by atomic mass is 32.2. The highest BCUT2D eigenvalue weighted by molar-refractivity contribution is 8.26. The van der Waals surface area contributed by atoms with Crippen LogP contribution in [0.5, 0.6) is 11.5 Å². The number of hydrogen-bond donors (Lipinski definition) is 0.